The summed E-state index contributed by atoms with van der Waals surface area (Å²) in [4.78, 5) is 30.6. The van der Waals surface area contributed by atoms with Crippen LogP contribution in [0.2, 0.25) is 0 Å². The van der Waals surface area contributed by atoms with Crippen LogP contribution in [0.15, 0.2) is 48.7 Å². The molecule has 2 amide bonds. The molecule has 1 saturated heterocycles. The monoisotopic (exact) mass is 355 g/mol. The number of carbonyl (C=O) groups is 2. The highest BCUT2D eigenvalue weighted by Crippen LogP contribution is 2.31. The summed E-state index contributed by atoms with van der Waals surface area (Å²) in [5.41, 5.74) is 4.85. The standard InChI is InChI=1S/C19H21N3O4/c1-25-13-19(18(20)24)10-5-11-22(19)17(23)14-8-9-16(21-12-14)26-15-6-3-2-4-7-15/h2-4,6-9,12H,5,10-11,13H2,1H3,(H2,20,24). The first-order chi connectivity index (χ1) is 12.6. The number of primary amides is 1. The molecule has 136 valence electrons. The van der Waals surface area contributed by atoms with Gasteiger partial charge >= 0.3 is 0 Å². The number of nitrogens with two attached hydrogens (primary N) is 1. The Morgan fingerprint density at radius 2 is 2.00 bits per heavy atom. The summed E-state index contributed by atoms with van der Waals surface area (Å²) in [6, 6.07) is 12.5. The summed E-state index contributed by atoms with van der Waals surface area (Å²) in [7, 11) is 1.49. The van der Waals surface area contributed by atoms with Gasteiger partial charge in [-0.05, 0) is 31.0 Å². The fourth-order valence-electron chi connectivity index (χ4n) is 3.22. The van der Waals surface area contributed by atoms with Gasteiger partial charge in [-0.25, -0.2) is 4.98 Å². The number of rotatable bonds is 6. The molecule has 0 bridgehead atoms. The van der Waals surface area contributed by atoms with Gasteiger partial charge in [-0.3, -0.25) is 9.59 Å². The summed E-state index contributed by atoms with van der Waals surface area (Å²) in [6.45, 7) is 0.532. The van der Waals surface area contributed by atoms with Crippen molar-refractivity contribution in [3.8, 4) is 11.6 Å². The quantitative estimate of drug-likeness (QED) is 0.855. The van der Waals surface area contributed by atoms with E-state index in [0.717, 1.165) is 0 Å². The van der Waals surface area contributed by atoms with Crippen molar-refractivity contribution in [1.82, 2.24) is 9.88 Å². The molecule has 2 N–H and O–H groups in total. The molecule has 3 rings (SSSR count). The summed E-state index contributed by atoms with van der Waals surface area (Å²) < 4.78 is 10.8. The van der Waals surface area contributed by atoms with Crippen LogP contribution >= 0.6 is 0 Å². The first-order valence-corrected chi connectivity index (χ1v) is 8.36. The third-order valence-electron chi connectivity index (χ3n) is 4.52. The van der Waals surface area contributed by atoms with Crippen molar-refractivity contribution >= 4 is 11.8 Å². The van der Waals surface area contributed by atoms with Gasteiger partial charge in [0.05, 0.1) is 12.2 Å². The number of carbonyl (C=O) groups excluding carboxylic acids is 2. The third kappa shape index (κ3) is 3.39. The second-order valence-electron chi connectivity index (χ2n) is 6.19. The predicted molar refractivity (Wildman–Crippen MR) is 94.8 cm³/mol. The van der Waals surface area contributed by atoms with Gasteiger partial charge in [0.25, 0.3) is 5.91 Å². The van der Waals surface area contributed by atoms with Crippen LogP contribution in [0.3, 0.4) is 0 Å². The molecule has 0 saturated carbocycles. The van der Waals surface area contributed by atoms with Crippen LogP contribution < -0.4 is 10.5 Å². The normalized spacial score (nSPS) is 19.3. The lowest BCUT2D eigenvalue weighted by Crippen LogP contribution is -2.58. The van der Waals surface area contributed by atoms with Crippen molar-refractivity contribution in [3.63, 3.8) is 0 Å². The summed E-state index contributed by atoms with van der Waals surface area (Å²) in [5.74, 6) is 0.193. The van der Waals surface area contributed by atoms with E-state index in [1.807, 2.05) is 30.3 Å². The number of hydrogen-bond acceptors (Lipinski definition) is 5. The van der Waals surface area contributed by atoms with Gasteiger partial charge in [-0.1, -0.05) is 18.2 Å². The van der Waals surface area contributed by atoms with Crippen molar-refractivity contribution in [3.05, 3.63) is 54.2 Å². The average Bonchev–Trinajstić information content (AvgIpc) is 3.08. The highest BCUT2D eigenvalue weighted by molar-refractivity contribution is 5.99. The molecule has 2 heterocycles. The summed E-state index contributed by atoms with van der Waals surface area (Å²) >= 11 is 0. The average molecular weight is 355 g/mol. The molecule has 1 unspecified atom stereocenters. The Labute approximate surface area is 151 Å². The number of amides is 2. The second kappa shape index (κ2) is 7.53. The van der Waals surface area contributed by atoms with Crippen molar-refractivity contribution in [1.29, 1.82) is 0 Å². The molecule has 1 atom stereocenters. The molecule has 1 aromatic carbocycles. The number of para-hydroxylation sites is 1. The lowest BCUT2D eigenvalue weighted by atomic mass is 9.95. The molecule has 0 aliphatic carbocycles. The highest BCUT2D eigenvalue weighted by Gasteiger charge is 2.48. The maximum Gasteiger partial charge on any atom is 0.256 e. The van der Waals surface area contributed by atoms with E-state index in [1.165, 1.54) is 18.2 Å². The van der Waals surface area contributed by atoms with Gasteiger partial charge in [-0.15, -0.1) is 0 Å². The number of pyridine rings is 1. The van der Waals surface area contributed by atoms with Gasteiger partial charge in [0.15, 0.2) is 0 Å². The zero-order valence-corrected chi connectivity index (χ0v) is 14.6. The van der Waals surface area contributed by atoms with Gasteiger partial charge in [0, 0.05) is 25.9 Å². The van der Waals surface area contributed by atoms with E-state index < -0.39 is 11.4 Å². The minimum absolute atomic E-state index is 0.0801. The van der Waals surface area contributed by atoms with Crippen molar-refractivity contribution < 1.29 is 19.1 Å². The number of likely N-dealkylation sites (tertiary alicyclic amines) is 1. The van der Waals surface area contributed by atoms with E-state index in [0.29, 0.717) is 36.6 Å². The number of methoxy groups -OCH3 is 1. The Balaban J connectivity index is 1.78. The van der Waals surface area contributed by atoms with E-state index in [4.69, 9.17) is 15.2 Å². The van der Waals surface area contributed by atoms with Crippen molar-refractivity contribution in [2.45, 2.75) is 18.4 Å². The van der Waals surface area contributed by atoms with Gasteiger partial charge in [-0.2, -0.15) is 0 Å². The van der Waals surface area contributed by atoms with E-state index in [1.54, 1.807) is 12.1 Å². The Bertz CT molecular complexity index is 779. The van der Waals surface area contributed by atoms with Gasteiger partial charge in [0.2, 0.25) is 11.8 Å². The molecule has 1 aliphatic heterocycles. The lowest BCUT2D eigenvalue weighted by molar-refractivity contribution is -0.130. The topological polar surface area (TPSA) is 94.8 Å². The highest BCUT2D eigenvalue weighted by atomic mass is 16.5. The molecule has 26 heavy (non-hydrogen) atoms. The number of ether oxygens (including phenoxy) is 2. The van der Waals surface area contributed by atoms with Gasteiger partial charge in [0.1, 0.15) is 11.3 Å². The predicted octanol–water partition coefficient (Wildman–Crippen LogP) is 1.98. The molecule has 7 heteroatoms. The van der Waals surface area contributed by atoms with E-state index >= 15 is 0 Å². The fraction of sp³-hybridized carbons (Fsp3) is 0.316. The van der Waals surface area contributed by atoms with Crippen LogP contribution in [0.4, 0.5) is 0 Å². The Hall–Kier alpha value is -2.93. The van der Waals surface area contributed by atoms with Crippen LogP contribution in [-0.2, 0) is 9.53 Å². The molecule has 1 fully saturated rings. The first-order valence-electron chi connectivity index (χ1n) is 8.36. The SMILES string of the molecule is COCC1(C(N)=O)CCCN1C(=O)c1ccc(Oc2ccccc2)nc1. The number of aromatic nitrogens is 1. The zero-order chi connectivity index (χ0) is 18.6. The van der Waals surface area contributed by atoms with Crippen LogP contribution in [0, 0.1) is 0 Å². The minimum Gasteiger partial charge on any atom is -0.439 e. The molecule has 1 aliphatic rings. The van der Waals surface area contributed by atoms with E-state index in [-0.39, 0.29) is 12.5 Å². The molecule has 0 radical (unpaired) electrons. The Morgan fingerprint density at radius 3 is 2.62 bits per heavy atom. The van der Waals surface area contributed by atoms with Crippen LogP contribution in [0.5, 0.6) is 11.6 Å². The lowest BCUT2D eigenvalue weighted by Gasteiger charge is -2.35. The maximum atomic E-state index is 12.9. The minimum atomic E-state index is -1.11. The largest absolute Gasteiger partial charge is 0.439 e. The Morgan fingerprint density at radius 1 is 1.23 bits per heavy atom. The third-order valence-corrected chi connectivity index (χ3v) is 4.52. The molecule has 2 aromatic rings. The zero-order valence-electron chi connectivity index (χ0n) is 14.6. The molecule has 1 aromatic heterocycles. The number of hydrogen-bond donors (Lipinski definition) is 1. The number of benzene rings is 1. The molecule has 7 nitrogen and oxygen atoms in total. The van der Waals surface area contributed by atoms with Crippen LogP contribution in [-0.4, -0.2) is 47.5 Å². The fourth-order valence-corrected chi connectivity index (χ4v) is 3.22. The maximum absolute atomic E-state index is 12.9. The van der Waals surface area contributed by atoms with Crippen molar-refractivity contribution in [2.75, 3.05) is 20.3 Å². The van der Waals surface area contributed by atoms with E-state index in [2.05, 4.69) is 4.98 Å². The first kappa shape index (κ1) is 17.9. The molecule has 0 spiro atoms. The van der Waals surface area contributed by atoms with E-state index in [9.17, 15) is 9.59 Å². The molecular formula is C19H21N3O4. The smallest absolute Gasteiger partial charge is 0.256 e. The number of nitrogens with zero attached hydrogens (tertiary/aromatic N) is 2. The van der Waals surface area contributed by atoms with Crippen molar-refractivity contribution in [2.24, 2.45) is 5.73 Å². The van der Waals surface area contributed by atoms with Crippen LogP contribution in [0.25, 0.3) is 0 Å². The Kier molecular flexibility index (Phi) is 5.18. The second-order valence-corrected chi connectivity index (χ2v) is 6.19. The van der Waals surface area contributed by atoms with Gasteiger partial charge < -0.3 is 20.1 Å². The summed E-state index contributed by atoms with van der Waals surface area (Å²) in [5, 5.41) is 0. The summed E-state index contributed by atoms with van der Waals surface area (Å²) in [6.07, 6.45) is 2.63. The van der Waals surface area contributed by atoms with Crippen LogP contribution in [0.1, 0.15) is 23.2 Å². The molecular weight excluding hydrogens is 334 g/mol.